The summed E-state index contributed by atoms with van der Waals surface area (Å²) in [5, 5.41) is 3.43. The number of hydrogen-bond donors (Lipinski definition) is 1. The molecule has 0 bridgehead atoms. The molecule has 0 saturated carbocycles. The van der Waals surface area contributed by atoms with Crippen molar-refractivity contribution in [3.05, 3.63) is 64.4 Å². The van der Waals surface area contributed by atoms with Gasteiger partial charge in [0.2, 0.25) is 5.91 Å². The van der Waals surface area contributed by atoms with Crippen molar-refractivity contribution in [3.63, 3.8) is 0 Å². The fourth-order valence-corrected chi connectivity index (χ4v) is 2.05. The minimum Gasteiger partial charge on any atom is -0.496 e. The van der Waals surface area contributed by atoms with Gasteiger partial charge >= 0.3 is 0 Å². The maximum atomic E-state index is 13.2. The van der Waals surface area contributed by atoms with Crippen molar-refractivity contribution in [1.29, 1.82) is 0 Å². The number of carbonyl (C=O) groups is 1. The van der Waals surface area contributed by atoms with E-state index >= 15 is 0 Å². The molecule has 5 heteroatoms. The summed E-state index contributed by atoms with van der Waals surface area (Å²) in [4.78, 5) is 11.9. The predicted molar refractivity (Wildman–Crippen MR) is 80.0 cm³/mol. The van der Waals surface area contributed by atoms with E-state index in [2.05, 4.69) is 5.32 Å². The average Bonchev–Trinajstić information content (AvgIpc) is 2.47. The van der Waals surface area contributed by atoms with Gasteiger partial charge in [0.15, 0.2) is 0 Å². The van der Waals surface area contributed by atoms with E-state index in [1.54, 1.807) is 12.1 Å². The Labute approximate surface area is 127 Å². The Bertz CT molecular complexity index is 629. The van der Waals surface area contributed by atoms with E-state index in [1.807, 2.05) is 12.1 Å². The number of halogens is 2. The first-order valence-corrected chi connectivity index (χ1v) is 6.80. The van der Waals surface area contributed by atoms with E-state index in [0.29, 0.717) is 22.9 Å². The van der Waals surface area contributed by atoms with Gasteiger partial charge in [0.1, 0.15) is 11.6 Å². The second-order valence-corrected chi connectivity index (χ2v) is 4.97. The predicted octanol–water partition coefficient (Wildman–Crippen LogP) is 3.35. The van der Waals surface area contributed by atoms with Crippen LogP contribution in [0.4, 0.5) is 4.39 Å². The number of rotatable bonds is 5. The van der Waals surface area contributed by atoms with Gasteiger partial charge in [-0.3, -0.25) is 4.79 Å². The number of methoxy groups -OCH3 is 1. The molecule has 0 aliphatic carbocycles. The van der Waals surface area contributed by atoms with Crippen molar-refractivity contribution in [2.45, 2.75) is 13.0 Å². The van der Waals surface area contributed by atoms with Crippen LogP contribution in [0.5, 0.6) is 5.75 Å². The fraction of sp³-hybridized carbons (Fsp3) is 0.188. The first-order valence-electron chi connectivity index (χ1n) is 6.42. The van der Waals surface area contributed by atoms with E-state index in [1.165, 1.54) is 25.3 Å². The summed E-state index contributed by atoms with van der Waals surface area (Å²) in [6.45, 7) is 0.396. The van der Waals surface area contributed by atoms with Crippen molar-refractivity contribution in [2.75, 3.05) is 7.11 Å². The van der Waals surface area contributed by atoms with Crippen molar-refractivity contribution >= 4 is 17.5 Å². The number of carbonyl (C=O) groups excluding carboxylic acids is 1. The van der Waals surface area contributed by atoms with Crippen LogP contribution in [0, 0.1) is 5.82 Å². The number of ether oxygens (including phenoxy) is 1. The molecular weight excluding hydrogens is 293 g/mol. The van der Waals surface area contributed by atoms with Crippen LogP contribution < -0.4 is 10.1 Å². The zero-order chi connectivity index (χ0) is 15.2. The fourth-order valence-electron chi connectivity index (χ4n) is 1.92. The average molecular weight is 308 g/mol. The van der Waals surface area contributed by atoms with Crippen LogP contribution in [-0.2, 0) is 17.8 Å². The molecule has 0 unspecified atom stereocenters. The summed E-state index contributed by atoms with van der Waals surface area (Å²) in [6.07, 6.45) is 0.0640. The van der Waals surface area contributed by atoms with Gasteiger partial charge in [-0.15, -0.1) is 0 Å². The number of amides is 1. The molecule has 2 aromatic carbocycles. The number of hydrogen-bond acceptors (Lipinski definition) is 2. The van der Waals surface area contributed by atoms with Crippen molar-refractivity contribution in [2.24, 2.45) is 0 Å². The Balaban J connectivity index is 1.95. The second-order valence-electron chi connectivity index (χ2n) is 4.54. The monoisotopic (exact) mass is 307 g/mol. The Morgan fingerprint density at radius 3 is 2.62 bits per heavy atom. The van der Waals surface area contributed by atoms with Gasteiger partial charge in [0.05, 0.1) is 13.5 Å². The molecule has 0 aliphatic rings. The summed E-state index contributed by atoms with van der Waals surface area (Å²) in [5.41, 5.74) is 1.46. The molecular formula is C16H15ClFNO2. The minimum absolute atomic E-state index is 0.0640. The van der Waals surface area contributed by atoms with Crippen molar-refractivity contribution < 1.29 is 13.9 Å². The summed E-state index contributed by atoms with van der Waals surface area (Å²) in [5.74, 6) is -0.0943. The first-order chi connectivity index (χ1) is 10.1. The van der Waals surface area contributed by atoms with E-state index in [4.69, 9.17) is 16.3 Å². The lowest BCUT2D eigenvalue weighted by molar-refractivity contribution is -0.120. The smallest absolute Gasteiger partial charge is 0.224 e. The van der Waals surface area contributed by atoms with Crippen LogP contribution in [0.15, 0.2) is 42.5 Å². The van der Waals surface area contributed by atoms with Crippen LogP contribution >= 0.6 is 11.6 Å². The zero-order valence-corrected chi connectivity index (χ0v) is 12.3. The van der Waals surface area contributed by atoms with Gasteiger partial charge in [-0.05, 0) is 35.9 Å². The molecule has 0 spiro atoms. The SMILES string of the molecule is COc1ccc(F)cc1CC(=O)NCc1ccc(Cl)cc1. The van der Waals surface area contributed by atoms with E-state index < -0.39 is 5.82 Å². The Kier molecular flexibility index (Phi) is 5.17. The quantitative estimate of drug-likeness (QED) is 0.920. The van der Waals surface area contributed by atoms with Crippen LogP contribution in [0.25, 0.3) is 0 Å². The molecule has 2 rings (SSSR count). The van der Waals surface area contributed by atoms with Gasteiger partial charge in [-0.25, -0.2) is 4.39 Å². The standard InChI is InChI=1S/C16H15ClFNO2/c1-21-15-7-6-14(18)8-12(15)9-16(20)19-10-11-2-4-13(17)5-3-11/h2-8H,9-10H2,1H3,(H,19,20). The van der Waals surface area contributed by atoms with E-state index in [0.717, 1.165) is 5.56 Å². The molecule has 3 nitrogen and oxygen atoms in total. The van der Waals surface area contributed by atoms with Crippen molar-refractivity contribution in [3.8, 4) is 5.75 Å². The topological polar surface area (TPSA) is 38.3 Å². The lowest BCUT2D eigenvalue weighted by atomic mass is 10.1. The molecule has 0 fully saturated rings. The van der Waals surface area contributed by atoms with Crippen LogP contribution in [0.3, 0.4) is 0 Å². The van der Waals surface area contributed by atoms with Gasteiger partial charge in [0.25, 0.3) is 0 Å². The molecule has 0 saturated heterocycles. The highest BCUT2D eigenvalue weighted by Crippen LogP contribution is 2.19. The molecule has 0 aromatic heterocycles. The highest BCUT2D eigenvalue weighted by molar-refractivity contribution is 6.30. The zero-order valence-electron chi connectivity index (χ0n) is 11.5. The molecule has 1 amide bonds. The van der Waals surface area contributed by atoms with E-state index in [-0.39, 0.29) is 12.3 Å². The van der Waals surface area contributed by atoms with E-state index in [9.17, 15) is 9.18 Å². The molecule has 110 valence electrons. The lowest BCUT2D eigenvalue weighted by Crippen LogP contribution is -2.24. The summed E-state index contributed by atoms with van der Waals surface area (Å²) < 4.78 is 18.3. The Hall–Kier alpha value is -2.07. The third kappa shape index (κ3) is 4.46. The minimum atomic E-state index is -0.392. The molecule has 0 heterocycles. The summed E-state index contributed by atoms with van der Waals surface area (Å²) in [7, 11) is 1.49. The maximum Gasteiger partial charge on any atom is 0.224 e. The van der Waals surface area contributed by atoms with Crippen LogP contribution in [-0.4, -0.2) is 13.0 Å². The largest absolute Gasteiger partial charge is 0.496 e. The number of benzene rings is 2. The molecule has 0 aliphatic heterocycles. The molecule has 1 N–H and O–H groups in total. The van der Waals surface area contributed by atoms with Crippen LogP contribution in [0.1, 0.15) is 11.1 Å². The third-order valence-corrected chi connectivity index (χ3v) is 3.25. The highest BCUT2D eigenvalue weighted by Gasteiger charge is 2.09. The second kappa shape index (κ2) is 7.09. The Morgan fingerprint density at radius 1 is 1.24 bits per heavy atom. The molecule has 0 atom stereocenters. The maximum absolute atomic E-state index is 13.2. The van der Waals surface area contributed by atoms with Gasteiger partial charge in [0, 0.05) is 17.1 Å². The van der Waals surface area contributed by atoms with Gasteiger partial charge in [-0.1, -0.05) is 23.7 Å². The van der Waals surface area contributed by atoms with Crippen molar-refractivity contribution in [1.82, 2.24) is 5.32 Å². The van der Waals surface area contributed by atoms with Gasteiger partial charge in [-0.2, -0.15) is 0 Å². The highest BCUT2D eigenvalue weighted by atomic mass is 35.5. The van der Waals surface area contributed by atoms with Crippen LogP contribution in [0.2, 0.25) is 5.02 Å². The lowest BCUT2D eigenvalue weighted by Gasteiger charge is -2.09. The normalized spacial score (nSPS) is 10.2. The molecule has 0 radical (unpaired) electrons. The number of nitrogens with one attached hydrogen (secondary N) is 1. The summed E-state index contributed by atoms with van der Waals surface area (Å²) >= 11 is 5.79. The third-order valence-electron chi connectivity index (χ3n) is 3.00. The van der Waals surface area contributed by atoms with Gasteiger partial charge < -0.3 is 10.1 Å². The Morgan fingerprint density at radius 2 is 1.95 bits per heavy atom. The summed E-state index contributed by atoms with van der Waals surface area (Å²) in [6, 6.07) is 11.3. The first kappa shape index (κ1) is 15.3. The molecule has 21 heavy (non-hydrogen) atoms. The molecule has 2 aromatic rings.